The maximum Gasteiger partial charge on any atom is 0.0998 e. The summed E-state index contributed by atoms with van der Waals surface area (Å²) in [6.45, 7) is 6.68. The molecular formula is C24H20N2S. The van der Waals surface area contributed by atoms with Crippen molar-refractivity contribution in [1.82, 2.24) is 4.98 Å². The van der Waals surface area contributed by atoms with Gasteiger partial charge in [-0.3, -0.25) is 4.98 Å². The van der Waals surface area contributed by atoms with Gasteiger partial charge in [0.25, 0.3) is 0 Å². The van der Waals surface area contributed by atoms with Crippen LogP contribution in [0.2, 0.25) is 0 Å². The lowest BCUT2D eigenvalue weighted by molar-refractivity contribution is 0.803. The average Bonchev–Trinajstić information content (AvgIpc) is 2.65. The highest BCUT2D eigenvalue weighted by Crippen LogP contribution is 2.38. The van der Waals surface area contributed by atoms with Gasteiger partial charge in [-0.25, -0.2) is 0 Å². The standard InChI is InChI=1S/C24H20N2S/c1-24(2,3)27-18-10-8-17-14-26-15-23(22(17)12-18)21-11-9-16(13-25)19-6-4-5-7-20(19)21/h4-12,14-15H,1-3H3. The summed E-state index contributed by atoms with van der Waals surface area (Å²) in [5.74, 6) is 0. The number of benzene rings is 3. The van der Waals surface area contributed by atoms with Crippen molar-refractivity contribution in [2.45, 2.75) is 30.4 Å². The second-order valence-electron chi connectivity index (χ2n) is 7.60. The smallest absolute Gasteiger partial charge is 0.0998 e. The molecule has 0 radical (unpaired) electrons. The van der Waals surface area contributed by atoms with Crippen LogP contribution in [0.25, 0.3) is 32.7 Å². The van der Waals surface area contributed by atoms with E-state index in [2.05, 4.69) is 56.1 Å². The fraction of sp³-hybridized carbons (Fsp3) is 0.167. The molecule has 0 atom stereocenters. The van der Waals surface area contributed by atoms with Crippen molar-refractivity contribution in [1.29, 1.82) is 5.26 Å². The molecule has 4 aromatic rings. The lowest BCUT2D eigenvalue weighted by Gasteiger charge is -2.18. The quantitative estimate of drug-likeness (QED) is 0.364. The summed E-state index contributed by atoms with van der Waals surface area (Å²) in [6.07, 6.45) is 3.85. The van der Waals surface area contributed by atoms with Crippen LogP contribution in [0.3, 0.4) is 0 Å². The van der Waals surface area contributed by atoms with Gasteiger partial charge in [-0.05, 0) is 34.5 Å². The third kappa shape index (κ3) is 3.41. The summed E-state index contributed by atoms with van der Waals surface area (Å²) < 4.78 is 0.155. The number of hydrogen-bond acceptors (Lipinski definition) is 3. The van der Waals surface area contributed by atoms with E-state index in [1.165, 1.54) is 10.3 Å². The highest BCUT2D eigenvalue weighted by atomic mass is 32.2. The van der Waals surface area contributed by atoms with Crippen molar-refractivity contribution in [2.24, 2.45) is 0 Å². The van der Waals surface area contributed by atoms with Crippen LogP contribution < -0.4 is 0 Å². The summed E-state index contributed by atoms with van der Waals surface area (Å²) in [6, 6.07) is 20.9. The highest BCUT2D eigenvalue weighted by molar-refractivity contribution is 8.00. The Hall–Kier alpha value is -2.83. The lowest BCUT2D eigenvalue weighted by Crippen LogP contribution is -2.06. The Labute approximate surface area is 163 Å². The summed E-state index contributed by atoms with van der Waals surface area (Å²) in [5, 5.41) is 13.8. The number of thioether (sulfide) groups is 1. The SMILES string of the molecule is CC(C)(C)Sc1ccc2cncc(-c3ccc(C#N)c4ccccc34)c2c1. The molecule has 4 rings (SSSR count). The summed E-state index contributed by atoms with van der Waals surface area (Å²) in [7, 11) is 0. The van der Waals surface area contributed by atoms with Gasteiger partial charge < -0.3 is 0 Å². The van der Waals surface area contributed by atoms with E-state index in [0.29, 0.717) is 5.56 Å². The first-order valence-corrected chi connectivity index (χ1v) is 9.77. The Bertz CT molecular complexity index is 1200. The molecule has 1 heterocycles. The molecular weight excluding hydrogens is 348 g/mol. The van der Waals surface area contributed by atoms with Crippen LogP contribution >= 0.6 is 11.8 Å². The topological polar surface area (TPSA) is 36.7 Å². The second-order valence-corrected chi connectivity index (χ2v) is 9.50. The molecule has 0 amide bonds. The zero-order valence-corrected chi connectivity index (χ0v) is 16.5. The number of nitriles is 1. The number of fused-ring (bicyclic) bond motifs is 2. The molecule has 0 saturated carbocycles. The Kier molecular flexibility index (Phi) is 4.37. The van der Waals surface area contributed by atoms with Crippen molar-refractivity contribution in [3.05, 3.63) is 72.6 Å². The van der Waals surface area contributed by atoms with Crippen LogP contribution in [0.4, 0.5) is 0 Å². The molecule has 0 bridgehead atoms. The first-order valence-electron chi connectivity index (χ1n) is 8.95. The van der Waals surface area contributed by atoms with Crippen LogP contribution in [-0.2, 0) is 0 Å². The third-order valence-corrected chi connectivity index (χ3v) is 5.59. The zero-order chi connectivity index (χ0) is 19.0. The van der Waals surface area contributed by atoms with Crippen LogP contribution in [-0.4, -0.2) is 9.73 Å². The van der Waals surface area contributed by atoms with Crippen molar-refractivity contribution < 1.29 is 0 Å². The van der Waals surface area contributed by atoms with E-state index in [0.717, 1.165) is 27.3 Å². The number of aromatic nitrogens is 1. The van der Waals surface area contributed by atoms with E-state index in [4.69, 9.17) is 0 Å². The zero-order valence-electron chi connectivity index (χ0n) is 15.7. The largest absolute Gasteiger partial charge is 0.263 e. The summed E-state index contributed by atoms with van der Waals surface area (Å²) in [5.41, 5.74) is 2.91. The van der Waals surface area contributed by atoms with Gasteiger partial charge in [0, 0.05) is 38.4 Å². The van der Waals surface area contributed by atoms with E-state index in [-0.39, 0.29) is 4.75 Å². The van der Waals surface area contributed by atoms with Gasteiger partial charge in [-0.15, -0.1) is 11.8 Å². The Balaban J connectivity index is 1.98. The van der Waals surface area contributed by atoms with E-state index in [9.17, 15) is 5.26 Å². The van der Waals surface area contributed by atoms with Crippen LogP contribution in [0.15, 0.2) is 71.9 Å². The normalized spacial score (nSPS) is 11.6. The molecule has 0 aliphatic heterocycles. The van der Waals surface area contributed by atoms with Gasteiger partial charge in [-0.2, -0.15) is 5.26 Å². The van der Waals surface area contributed by atoms with Gasteiger partial charge in [0.1, 0.15) is 0 Å². The van der Waals surface area contributed by atoms with Crippen molar-refractivity contribution in [3.63, 3.8) is 0 Å². The fourth-order valence-corrected chi connectivity index (χ4v) is 4.43. The Morgan fingerprint density at radius 2 is 1.63 bits per heavy atom. The minimum atomic E-state index is 0.155. The molecule has 2 nitrogen and oxygen atoms in total. The van der Waals surface area contributed by atoms with Crippen LogP contribution in [0.1, 0.15) is 26.3 Å². The summed E-state index contributed by atoms with van der Waals surface area (Å²) >= 11 is 1.87. The third-order valence-electron chi connectivity index (χ3n) is 4.49. The molecule has 0 aliphatic carbocycles. The van der Waals surface area contributed by atoms with Crippen LogP contribution in [0.5, 0.6) is 0 Å². The lowest BCUT2D eigenvalue weighted by atomic mass is 9.93. The molecule has 0 N–H and O–H groups in total. The minimum Gasteiger partial charge on any atom is -0.263 e. The molecule has 0 unspecified atom stereocenters. The van der Waals surface area contributed by atoms with Crippen LogP contribution in [0, 0.1) is 11.3 Å². The fourth-order valence-electron chi connectivity index (χ4n) is 3.41. The Morgan fingerprint density at radius 3 is 2.37 bits per heavy atom. The molecule has 0 saturated heterocycles. The van der Waals surface area contributed by atoms with Gasteiger partial charge in [0.05, 0.1) is 11.6 Å². The van der Waals surface area contributed by atoms with Gasteiger partial charge >= 0.3 is 0 Å². The van der Waals surface area contributed by atoms with Gasteiger partial charge in [0.15, 0.2) is 0 Å². The van der Waals surface area contributed by atoms with E-state index >= 15 is 0 Å². The first kappa shape index (κ1) is 17.6. The Morgan fingerprint density at radius 1 is 0.852 bits per heavy atom. The number of hydrogen-bond donors (Lipinski definition) is 0. The molecule has 1 aromatic heterocycles. The van der Waals surface area contributed by atoms with E-state index in [1.54, 1.807) is 0 Å². The van der Waals surface area contributed by atoms with Crippen molar-refractivity contribution in [3.8, 4) is 17.2 Å². The highest BCUT2D eigenvalue weighted by Gasteiger charge is 2.14. The predicted molar refractivity (Wildman–Crippen MR) is 115 cm³/mol. The van der Waals surface area contributed by atoms with Gasteiger partial charge in [-0.1, -0.05) is 57.2 Å². The number of nitrogens with zero attached hydrogens (tertiary/aromatic N) is 2. The molecule has 132 valence electrons. The maximum absolute atomic E-state index is 9.45. The predicted octanol–water partition coefficient (Wildman–Crippen LogP) is 6.82. The maximum atomic E-state index is 9.45. The molecule has 0 aliphatic rings. The second kappa shape index (κ2) is 6.72. The van der Waals surface area contributed by atoms with Crippen molar-refractivity contribution in [2.75, 3.05) is 0 Å². The monoisotopic (exact) mass is 368 g/mol. The number of rotatable bonds is 2. The first-order chi connectivity index (χ1) is 13.0. The van der Waals surface area contributed by atoms with E-state index in [1.807, 2.05) is 54.5 Å². The summed E-state index contributed by atoms with van der Waals surface area (Å²) in [4.78, 5) is 5.72. The average molecular weight is 369 g/mol. The molecule has 3 aromatic carbocycles. The molecule has 3 heteroatoms. The molecule has 0 spiro atoms. The molecule has 0 fully saturated rings. The van der Waals surface area contributed by atoms with E-state index < -0.39 is 0 Å². The minimum absolute atomic E-state index is 0.155. The van der Waals surface area contributed by atoms with Gasteiger partial charge in [0.2, 0.25) is 0 Å². The van der Waals surface area contributed by atoms with Crippen molar-refractivity contribution >= 4 is 33.3 Å². The number of pyridine rings is 1. The molecule has 27 heavy (non-hydrogen) atoms.